The van der Waals surface area contributed by atoms with Gasteiger partial charge < -0.3 is 15.4 Å². The fourth-order valence-corrected chi connectivity index (χ4v) is 5.65. The van der Waals surface area contributed by atoms with Gasteiger partial charge in [0.05, 0.1) is 29.5 Å². The highest BCUT2D eigenvalue weighted by Crippen LogP contribution is 2.34. The van der Waals surface area contributed by atoms with Crippen molar-refractivity contribution in [3.8, 4) is 11.3 Å². The molecular weight excluding hydrogens is 586 g/mol. The number of nitrogens with one attached hydrogen (secondary N) is 2. The summed E-state index contributed by atoms with van der Waals surface area (Å²) in [7, 11) is 1.19. The summed E-state index contributed by atoms with van der Waals surface area (Å²) in [5.74, 6) is -2.08. The quantitative estimate of drug-likeness (QED) is 0.145. The minimum absolute atomic E-state index is 0.00510. The van der Waals surface area contributed by atoms with Gasteiger partial charge in [0, 0.05) is 28.7 Å². The SMILES string of the molecule is COC(=O)c1c(F)cccc1CCc1ccc(C(=O)Nc2ccc(C)c(C(F)(F)F)c2)c(-c2ccc(NC3CCCC3)cc2)n1. The summed E-state index contributed by atoms with van der Waals surface area (Å²) in [5.41, 5.74) is 2.20. The van der Waals surface area contributed by atoms with Gasteiger partial charge in [0.25, 0.3) is 5.91 Å². The number of nitrogens with zero attached hydrogens (tertiary/aromatic N) is 1. The Labute approximate surface area is 258 Å². The van der Waals surface area contributed by atoms with Crippen LogP contribution < -0.4 is 10.6 Å². The highest BCUT2D eigenvalue weighted by atomic mass is 19.4. The lowest BCUT2D eigenvalue weighted by Crippen LogP contribution is -2.16. The number of halogens is 4. The van der Waals surface area contributed by atoms with Crippen LogP contribution in [0, 0.1) is 12.7 Å². The lowest BCUT2D eigenvalue weighted by molar-refractivity contribution is -0.138. The van der Waals surface area contributed by atoms with Gasteiger partial charge in [-0.15, -0.1) is 0 Å². The maximum Gasteiger partial charge on any atom is 0.416 e. The van der Waals surface area contributed by atoms with Crippen LogP contribution >= 0.6 is 0 Å². The molecule has 4 aromatic rings. The zero-order valence-electron chi connectivity index (χ0n) is 24.9. The minimum Gasteiger partial charge on any atom is -0.465 e. The van der Waals surface area contributed by atoms with E-state index in [0.29, 0.717) is 35.0 Å². The summed E-state index contributed by atoms with van der Waals surface area (Å²) >= 11 is 0. The number of anilines is 2. The van der Waals surface area contributed by atoms with Gasteiger partial charge in [-0.05, 0) is 86.2 Å². The van der Waals surface area contributed by atoms with Crippen molar-refractivity contribution in [2.45, 2.75) is 57.7 Å². The topological polar surface area (TPSA) is 80.3 Å². The summed E-state index contributed by atoms with van der Waals surface area (Å²) in [6.45, 7) is 1.36. The van der Waals surface area contributed by atoms with Crippen LogP contribution in [0.2, 0.25) is 0 Å². The molecule has 1 aliphatic rings. The van der Waals surface area contributed by atoms with Gasteiger partial charge in [0.15, 0.2) is 0 Å². The fourth-order valence-electron chi connectivity index (χ4n) is 5.65. The Bertz CT molecular complexity index is 1700. The summed E-state index contributed by atoms with van der Waals surface area (Å²) in [5, 5.41) is 6.12. The molecule has 5 rings (SSSR count). The van der Waals surface area contributed by atoms with E-state index in [4.69, 9.17) is 9.72 Å². The number of methoxy groups -OCH3 is 1. The Morgan fingerprint density at radius 3 is 2.33 bits per heavy atom. The Hall–Kier alpha value is -4.73. The lowest BCUT2D eigenvalue weighted by Gasteiger charge is -2.16. The number of benzene rings is 3. The van der Waals surface area contributed by atoms with Crippen LogP contribution in [0.4, 0.5) is 28.9 Å². The summed E-state index contributed by atoms with van der Waals surface area (Å²) < 4.78 is 59.8. The number of carbonyl (C=O) groups excluding carboxylic acids is 2. The largest absolute Gasteiger partial charge is 0.465 e. The van der Waals surface area contributed by atoms with Crippen LogP contribution in [-0.4, -0.2) is 30.0 Å². The molecule has 234 valence electrons. The van der Waals surface area contributed by atoms with Gasteiger partial charge in [-0.3, -0.25) is 9.78 Å². The number of hydrogen-bond donors (Lipinski definition) is 2. The van der Waals surface area contributed by atoms with Gasteiger partial charge in [0.2, 0.25) is 0 Å². The number of pyridine rings is 1. The molecule has 1 heterocycles. The summed E-state index contributed by atoms with van der Waals surface area (Å²) in [6, 6.07) is 19.1. The van der Waals surface area contributed by atoms with Crippen molar-refractivity contribution in [2.24, 2.45) is 0 Å². The molecule has 1 aliphatic carbocycles. The maximum atomic E-state index is 14.5. The molecule has 10 heteroatoms. The second-order valence-electron chi connectivity index (χ2n) is 11.1. The summed E-state index contributed by atoms with van der Waals surface area (Å²) in [6.07, 6.45) is 0.606. The normalized spacial score (nSPS) is 13.5. The Morgan fingerprint density at radius 2 is 1.64 bits per heavy atom. The number of alkyl halides is 3. The van der Waals surface area contributed by atoms with Gasteiger partial charge in [-0.25, -0.2) is 9.18 Å². The molecule has 0 spiro atoms. The molecule has 6 nitrogen and oxygen atoms in total. The first-order chi connectivity index (χ1) is 21.5. The highest BCUT2D eigenvalue weighted by Gasteiger charge is 2.32. The molecule has 0 saturated heterocycles. The first kappa shape index (κ1) is 31.7. The second kappa shape index (κ2) is 13.5. The Balaban J connectivity index is 1.45. The van der Waals surface area contributed by atoms with E-state index < -0.39 is 29.4 Å². The molecule has 1 fully saturated rings. The molecule has 0 radical (unpaired) electrons. The van der Waals surface area contributed by atoms with Crippen LogP contribution in [0.3, 0.4) is 0 Å². The molecule has 2 N–H and O–H groups in total. The highest BCUT2D eigenvalue weighted by molar-refractivity contribution is 6.08. The number of carbonyl (C=O) groups is 2. The van der Waals surface area contributed by atoms with E-state index in [9.17, 15) is 27.2 Å². The molecule has 0 aliphatic heterocycles. The molecule has 0 bridgehead atoms. The van der Waals surface area contributed by atoms with E-state index in [1.807, 2.05) is 24.3 Å². The van der Waals surface area contributed by atoms with E-state index in [1.54, 1.807) is 18.2 Å². The number of esters is 1. The fraction of sp³-hybridized carbons (Fsp3) is 0.286. The van der Waals surface area contributed by atoms with E-state index in [0.717, 1.165) is 24.6 Å². The van der Waals surface area contributed by atoms with E-state index in [2.05, 4.69) is 10.6 Å². The van der Waals surface area contributed by atoms with Crippen molar-refractivity contribution >= 4 is 23.3 Å². The molecule has 1 saturated carbocycles. The van der Waals surface area contributed by atoms with Gasteiger partial charge in [-0.1, -0.05) is 43.2 Å². The molecule has 1 aromatic heterocycles. The number of aromatic nitrogens is 1. The van der Waals surface area contributed by atoms with Gasteiger partial charge in [-0.2, -0.15) is 13.2 Å². The molecule has 1 amide bonds. The number of ether oxygens (including phenoxy) is 1. The third-order valence-electron chi connectivity index (χ3n) is 8.02. The zero-order valence-corrected chi connectivity index (χ0v) is 24.9. The van der Waals surface area contributed by atoms with Crippen molar-refractivity contribution < 1.29 is 31.9 Å². The van der Waals surface area contributed by atoms with Crippen molar-refractivity contribution in [1.29, 1.82) is 0 Å². The van der Waals surface area contributed by atoms with Crippen LogP contribution in [0.25, 0.3) is 11.3 Å². The van der Waals surface area contributed by atoms with E-state index >= 15 is 0 Å². The van der Waals surface area contributed by atoms with Crippen LogP contribution in [0.15, 0.2) is 72.8 Å². The number of amides is 1. The predicted molar refractivity (Wildman–Crippen MR) is 165 cm³/mol. The van der Waals surface area contributed by atoms with Crippen molar-refractivity contribution in [3.63, 3.8) is 0 Å². The lowest BCUT2D eigenvalue weighted by atomic mass is 9.99. The first-order valence-corrected chi connectivity index (χ1v) is 14.8. The first-order valence-electron chi connectivity index (χ1n) is 14.8. The molecule has 45 heavy (non-hydrogen) atoms. The minimum atomic E-state index is -4.57. The van der Waals surface area contributed by atoms with Gasteiger partial charge >= 0.3 is 12.1 Å². The van der Waals surface area contributed by atoms with Crippen LogP contribution in [-0.2, 0) is 23.8 Å². The molecular formula is C35H33F4N3O3. The van der Waals surface area contributed by atoms with E-state index in [-0.39, 0.29) is 28.8 Å². The molecule has 3 aromatic carbocycles. The Kier molecular flexibility index (Phi) is 9.51. The summed E-state index contributed by atoms with van der Waals surface area (Å²) in [4.78, 5) is 30.5. The van der Waals surface area contributed by atoms with Crippen molar-refractivity contribution in [1.82, 2.24) is 4.98 Å². The van der Waals surface area contributed by atoms with Crippen LogP contribution in [0.1, 0.15) is 68.8 Å². The molecule has 0 atom stereocenters. The Morgan fingerprint density at radius 1 is 0.933 bits per heavy atom. The van der Waals surface area contributed by atoms with Gasteiger partial charge in [0.1, 0.15) is 5.82 Å². The third-order valence-corrected chi connectivity index (χ3v) is 8.02. The predicted octanol–water partition coefficient (Wildman–Crippen LogP) is 8.39. The number of hydrogen-bond acceptors (Lipinski definition) is 5. The van der Waals surface area contributed by atoms with Crippen molar-refractivity contribution in [2.75, 3.05) is 17.7 Å². The van der Waals surface area contributed by atoms with Crippen molar-refractivity contribution in [3.05, 3.63) is 112 Å². The van der Waals surface area contributed by atoms with E-state index in [1.165, 1.54) is 51.1 Å². The number of rotatable bonds is 9. The smallest absolute Gasteiger partial charge is 0.416 e. The van der Waals surface area contributed by atoms with Crippen LogP contribution in [0.5, 0.6) is 0 Å². The average molecular weight is 620 g/mol. The average Bonchev–Trinajstić information content (AvgIpc) is 3.53. The standard InChI is InChI=1S/C35H33F4N3O3/c1-21-10-14-27(20-29(21)35(37,38)39)42-33(43)28-19-18-26(15-11-22-6-5-9-30(36)31(22)34(44)45-2)41-32(28)23-12-16-25(17-13-23)40-24-7-3-4-8-24/h5-6,9-10,12-14,16-20,24,40H,3-4,7-8,11,15H2,1-2H3,(H,42,43). The third kappa shape index (κ3) is 7.50. The second-order valence-corrected chi connectivity index (χ2v) is 11.1. The number of aryl methyl sites for hydroxylation is 3. The zero-order chi connectivity index (χ0) is 32.1. The molecule has 0 unspecified atom stereocenters. The maximum absolute atomic E-state index is 14.5. The monoisotopic (exact) mass is 619 g/mol.